The molecular weight excluding hydrogens is 266 g/mol. The van der Waals surface area contributed by atoms with Gasteiger partial charge in [0.05, 0.1) is 5.60 Å². The summed E-state index contributed by atoms with van der Waals surface area (Å²) in [7, 11) is 0. The Morgan fingerprint density at radius 1 is 1.14 bits per heavy atom. The molecule has 116 valence electrons. The van der Waals surface area contributed by atoms with Crippen molar-refractivity contribution in [1.29, 1.82) is 0 Å². The Morgan fingerprint density at radius 3 is 2.43 bits per heavy atom. The highest BCUT2D eigenvalue weighted by Crippen LogP contribution is 2.38. The van der Waals surface area contributed by atoms with Crippen LogP contribution >= 0.6 is 0 Å². The van der Waals surface area contributed by atoms with Crippen LogP contribution in [0.5, 0.6) is 0 Å². The van der Waals surface area contributed by atoms with Gasteiger partial charge in [-0.3, -0.25) is 0 Å². The first kappa shape index (κ1) is 14.5. The van der Waals surface area contributed by atoms with Gasteiger partial charge in [-0.05, 0) is 25.7 Å². The first-order chi connectivity index (χ1) is 10.2. The van der Waals surface area contributed by atoms with Gasteiger partial charge in [0.2, 0.25) is 0 Å². The van der Waals surface area contributed by atoms with Crippen LogP contribution in [-0.4, -0.2) is 27.2 Å². The molecule has 2 saturated carbocycles. The Kier molecular flexibility index (Phi) is 4.26. The molecule has 2 aliphatic carbocycles. The number of aliphatic hydroxyl groups is 1. The molecule has 0 aliphatic heterocycles. The zero-order valence-electron chi connectivity index (χ0n) is 12.4. The van der Waals surface area contributed by atoms with Crippen LogP contribution in [0.3, 0.4) is 0 Å². The van der Waals surface area contributed by atoms with E-state index in [2.05, 4.69) is 20.7 Å². The molecule has 0 spiro atoms. The summed E-state index contributed by atoms with van der Waals surface area (Å²) in [6.45, 7) is 0.540. The monoisotopic (exact) mass is 291 g/mol. The highest BCUT2D eigenvalue weighted by molar-refractivity contribution is 5.47. The van der Waals surface area contributed by atoms with Crippen molar-refractivity contribution >= 4 is 11.6 Å². The van der Waals surface area contributed by atoms with Crippen LogP contribution in [0.2, 0.25) is 0 Å². The number of nitrogens with zero attached hydrogens (tertiary/aromatic N) is 2. The number of hydrogen-bond acceptors (Lipinski definition) is 6. The molecule has 2 aliphatic rings. The van der Waals surface area contributed by atoms with Crippen molar-refractivity contribution < 1.29 is 5.11 Å². The normalized spacial score (nSPS) is 21.6. The first-order valence-corrected chi connectivity index (χ1v) is 8.00. The van der Waals surface area contributed by atoms with E-state index in [1.165, 1.54) is 12.8 Å². The second kappa shape index (κ2) is 6.15. The van der Waals surface area contributed by atoms with Gasteiger partial charge in [-0.15, -0.1) is 0 Å². The van der Waals surface area contributed by atoms with Crippen LogP contribution in [0.25, 0.3) is 0 Å². The van der Waals surface area contributed by atoms with Crippen LogP contribution < -0.4 is 16.6 Å². The molecule has 1 aromatic heterocycles. The number of aromatic nitrogens is 2. The summed E-state index contributed by atoms with van der Waals surface area (Å²) < 4.78 is 0. The lowest BCUT2D eigenvalue weighted by Crippen LogP contribution is -2.36. The number of nitrogen functional groups attached to an aromatic ring is 1. The molecule has 0 bridgehead atoms. The average Bonchev–Trinajstić information content (AvgIpc) is 3.33. The third-order valence-corrected chi connectivity index (χ3v) is 4.47. The van der Waals surface area contributed by atoms with Gasteiger partial charge in [0.1, 0.15) is 17.5 Å². The van der Waals surface area contributed by atoms with E-state index in [-0.39, 0.29) is 0 Å². The molecule has 0 amide bonds. The van der Waals surface area contributed by atoms with Gasteiger partial charge in [0, 0.05) is 18.5 Å². The van der Waals surface area contributed by atoms with Gasteiger partial charge in [-0.2, -0.15) is 0 Å². The minimum absolute atomic E-state index is 0.472. The van der Waals surface area contributed by atoms with Crippen molar-refractivity contribution in [3.63, 3.8) is 0 Å². The average molecular weight is 291 g/mol. The van der Waals surface area contributed by atoms with E-state index < -0.39 is 5.60 Å². The van der Waals surface area contributed by atoms with Crippen LogP contribution in [0, 0.1) is 0 Å². The lowest BCUT2D eigenvalue weighted by atomic mass is 9.94. The number of hydrogen-bond donors (Lipinski definition) is 4. The van der Waals surface area contributed by atoms with E-state index in [9.17, 15) is 5.11 Å². The van der Waals surface area contributed by atoms with Crippen LogP contribution in [0.4, 0.5) is 11.6 Å². The fraction of sp³-hybridized carbons (Fsp3) is 0.733. The van der Waals surface area contributed by atoms with Gasteiger partial charge < -0.3 is 15.8 Å². The number of rotatable bonds is 5. The lowest BCUT2D eigenvalue weighted by Gasteiger charge is -2.27. The van der Waals surface area contributed by atoms with Crippen LogP contribution in [-0.2, 0) is 0 Å². The van der Waals surface area contributed by atoms with Crippen molar-refractivity contribution in [3.05, 3.63) is 11.9 Å². The third-order valence-electron chi connectivity index (χ3n) is 4.47. The summed E-state index contributed by atoms with van der Waals surface area (Å²) in [4.78, 5) is 8.94. The number of anilines is 2. The van der Waals surface area contributed by atoms with Crippen molar-refractivity contribution in [2.75, 3.05) is 17.3 Å². The van der Waals surface area contributed by atoms with Crippen LogP contribution in [0.1, 0.15) is 63.1 Å². The van der Waals surface area contributed by atoms with E-state index in [1.807, 2.05) is 0 Å². The second-order valence-electron chi connectivity index (χ2n) is 6.41. The molecule has 3 rings (SSSR count). The summed E-state index contributed by atoms with van der Waals surface area (Å²) in [6.07, 6.45) is 8.68. The largest absolute Gasteiger partial charge is 0.388 e. The highest BCUT2D eigenvalue weighted by atomic mass is 16.3. The molecule has 6 heteroatoms. The van der Waals surface area contributed by atoms with E-state index in [1.54, 1.807) is 6.07 Å². The van der Waals surface area contributed by atoms with Crippen molar-refractivity contribution in [2.45, 2.75) is 62.9 Å². The topological polar surface area (TPSA) is 96.1 Å². The van der Waals surface area contributed by atoms with E-state index in [0.29, 0.717) is 18.3 Å². The molecule has 6 nitrogen and oxygen atoms in total. The minimum atomic E-state index is -0.614. The third kappa shape index (κ3) is 3.83. The zero-order valence-corrected chi connectivity index (χ0v) is 12.4. The standard InChI is InChI=1S/C15H25N5O/c16-20-13-9-12(18-14(19-13)11-5-6-11)17-10-15(21)7-3-1-2-4-8-15/h9,11,21H,1-8,10,16H2,(H2,17,18,19,20). The fourth-order valence-corrected chi connectivity index (χ4v) is 2.97. The predicted molar refractivity (Wildman–Crippen MR) is 83.0 cm³/mol. The van der Waals surface area contributed by atoms with Gasteiger partial charge >= 0.3 is 0 Å². The summed E-state index contributed by atoms with van der Waals surface area (Å²) in [5, 5.41) is 14.0. The lowest BCUT2D eigenvalue weighted by molar-refractivity contribution is 0.0380. The van der Waals surface area contributed by atoms with E-state index >= 15 is 0 Å². The molecular formula is C15H25N5O. The maximum absolute atomic E-state index is 10.7. The zero-order chi connectivity index (χ0) is 14.7. The van der Waals surface area contributed by atoms with Crippen molar-refractivity contribution in [3.8, 4) is 0 Å². The fourth-order valence-electron chi connectivity index (χ4n) is 2.97. The van der Waals surface area contributed by atoms with Gasteiger partial charge in [0.25, 0.3) is 0 Å². The Morgan fingerprint density at radius 2 is 1.81 bits per heavy atom. The maximum atomic E-state index is 10.7. The number of nitrogens with two attached hydrogens (primary N) is 1. The quantitative estimate of drug-likeness (QED) is 0.377. The molecule has 5 N–H and O–H groups in total. The molecule has 0 radical (unpaired) electrons. The maximum Gasteiger partial charge on any atom is 0.145 e. The number of hydrazine groups is 1. The Hall–Kier alpha value is -1.40. The molecule has 1 heterocycles. The van der Waals surface area contributed by atoms with Crippen molar-refractivity contribution in [2.24, 2.45) is 5.84 Å². The van der Waals surface area contributed by atoms with Crippen molar-refractivity contribution in [1.82, 2.24) is 9.97 Å². The summed E-state index contributed by atoms with van der Waals surface area (Å²) in [5.74, 6) is 8.17. The first-order valence-electron chi connectivity index (χ1n) is 8.00. The van der Waals surface area contributed by atoms with Crippen LogP contribution in [0.15, 0.2) is 6.07 Å². The van der Waals surface area contributed by atoms with Gasteiger partial charge in [-0.25, -0.2) is 15.8 Å². The predicted octanol–water partition coefficient (Wildman–Crippen LogP) is 2.14. The van der Waals surface area contributed by atoms with Gasteiger partial charge in [0.15, 0.2) is 0 Å². The SMILES string of the molecule is NNc1cc(NCC2(O)CCCCCC2)nc(C2CC2)n1. The molecule has 1 aromatic rings. The smallest absolute Gasteiger partial charge is 0.145 e. The van der Waals surface area contributed by atoms with E-state index in [4.69, 9.17) is 5.84 Å². The van der Waals surface area contributed by atoms with E-state index in [0.717, 1.165) is 50.2 Å². The summed E-state index contributed by atoms with van der Waals surface area (Å²) in [6, 6.07) is 1.80. The summed E-state index contributed by atoms with van der Waals surface area (Å²) >= 11 is 0. The molecule has 21 heavy (non-hydrogen) atoms. The molecule has 0 unspecified atom stereocenters. The van der Waals surface area contributed by atoms with Gasteiger partial charge in [-0.1, -0.05) is 25.7 Å². The Bertz CT molecular complexity index is 481. The molecule has 0 atom stereocenters. The number of nitrogens with one attached hydrogen (secondary N) is 2. The molecule has 0 saturated heterocycles. The molecule has 0 aromatic carbocycles. The Balaban J connectivity index is 1.67. The second-order valence-corrected chi connectivity index (χ2v) is 6.41. The summed E-state index contributed by atoms with van der Waals surface area (Å²) in [5.41, 5.74) is 1.98. The molecule has 2 fully saturated rings. The Labute approximate surface area is 125 Å². The minimum Gasteiger partial charge on any atom is -0.388 e. The highest BCUT2D eigenvalue weighted by Gasteiger charge is 2.29.